The highest BCUT2D eigenvalue weighted by molar-refractivity contribution is 5.92. The molecule has 1 fully saturated rings. The van der Waals surface area contributed by atoms with Gasteiger partial charge in [0.25, 0.3) is 5.91 Å². The third kappa shape index (κ3) is 5.50. The van der Waals surface area contributed by atoms with Crippen molar-refractivity contribution in [3.05, 3.63) is 41.7 Å². The molecule has 1 atom stereocenters. The number of benzene rings is 1. The number of para-hydroxylation sites is 1. The second kappa shape index (κ2) is 11.0. The highest BCUT2D eigenvalue weighted by Gasteiger charge is 2.31. The summed E-state index contributed by atoms with van der Waals surface area (Å²) in [5.74, 6) is 1.60. The van der Waals surface area contributed by atoms with Crippen LogP contribution in [-0.2, 0) is 11.3 Å². The molecule has 1 aromatic carbocycles. The van der Waals surface area contributed by atoms with Crippen LogP contribution in [0.25, 0.3) is 0 Å². The van der Waals surface area contributed by atoms with Crippen LogP contribution in [0, 0.1) is 0 Å². The molecule has 2 aromatic rings. The van der Waals surface area contributed by atoms with Crippen LogP contribution in [-0.4, -0.2) is 77.6 Å². The summed E-state index contributed by atoms with van der Waals surface area (Å²) < 4.78 is 19.6. The largest absolute Gasteiger partial charge is 0.490 e. The molecule has 3 heterocycles. The summed E-state index contributed by atoms with van der Waals surface area (Å²) in [4.78, 5) is 17.9. The van der Waals surface area contributed by atoms with E-state index in [1.165, 1.54) is 0 Å². The maximum Gasteiger partial charge on any atom is 0.272 e. The smallest absolute Gasteiger partial charge is 0.272 e. The van der Waals surface area contributed by atoms with Crippen LogP contribution in [0.2, 0.25) is 0 Å². The molecule has 4 rings (SSSR count). The molecule has 0 bridgehead atoms. The Kier molecular flexibility index (Phi) is 7.88. The van der Waals surface area contributed by atoms with Crippen molar-refractivity contribution in [2.45, 2.75) is 52.2 Å². The second-order valence-corrected chi connectivity index (χ2v) is 8.91. The molecule has 0 radical (unpaired) electrons. The van der Waals surface area contributed by atoms with E-state index >= 15 is 0 Å². The molecule has 8 nitrogen and oxygen atoms in total. The monoisotopic (exact) mass is 456 g/mol. The lowest BCUT2D eigenvalue weighted by Crippen LogP contribution is -2.44. The molecule has 8 heteroatoms. The lowest BCUT2D eigenvalue weighted by molar-refractivity contribution is 0.0528. The van der Waals surface area contributed by atoms with E-state index in [0.29, 0.717) is 45.2 Å². The van der Waals surface area contributed by atoms with Gasteiger partial charge < -0.3 is 19.1 Å². The Labute approximate surface area is 196 Å². The minimum atomic E-state index is 0.0156. The summed E-state index contributed by atoms with van der Waals surface area (Å²) >= 11 is 0. The van der Waals surface area contributed by atoms with E-state index in [-0.39, 0.29) is 18.0 Å². The molecule has 0 saturated carbocycles. The Hall–Kier alpha value is -2.58. The first-order valence-electron chi connectivity index (χ1n) is 12.1. The molecular weight excluding hydrogens is 420 g/mol. The quantitative estimate of drug-likeness (QED) is 0.703. The Morgan fingerprint density at radius 1 is 1.21 bits per heavy atom. The van der Waals surface area contributed by atoms with Crippen molar-refractivity contribution in [3.63, 3.8) is 0 Å². The number of ether oxygens (including phenoxy) is 3. The maximum absolute atomic E-state index is 13.5. The van der Waals surface area contributed by atoms with Crippen LogP contribution in [0.1, 0.15) is 55.7 Å². The Morgan fingerprint density at radius 3 is 2.91 bits per heavy atom. The minimum absolute atomic E-state index is 0.0156. The normalized spacial score (nSPS) is 20.2. The number of amides is 1. The van der Waals surface area contributed by atoms with Gasteiger partial charge in [0.1, 0.15) is 12.3 Å². The van der Waals surface area contributed by atoms with Gasteiger partial charge in [-0.15, -0.1) is 0 Å². The number of carbonyl (C=O) groups excluding carboxylic acids is 1. The molecule has 180 valence electrons. The zero-order valence-electron chi connectivity index (χ0n) is 20.0. The van der Waals surface area contributed by atoms with E-state index in [2.05, 4.69) is 16.1 Å². The predicted molar refractivity (Wildman–Crippen MR) is 126 cm³/mol. The number of hydrogen-bond donors (Lipinski definition) is 0. The maximum atomic E-state index is 13.5. The average Bonchev–Trinajstić information content (AvgIpc) is 3.46. The summed E-state index contributed by atoms with van der Waals surface area (Å²) in [5.41, 5.74) is 1.75. The number of rotatable bonds is 4. The van der Waals surface area contributed by atoms with Crippen molar-refractivity contribution >= 4 is 5.91 Å². The third-order valence-electron chi connectivity index (χ3n) is 6.31. The van der Waals surface area contributed by atoms with Gasteiger partial charge in [0, 0.05) is 43.5 Å². The van der Waals surface area contributed by atoms with Gasteiger partial charge in [-0.25, -0.2) is 0 Å². The van der Waals surface area contributed by atoms with Crippen LogP contribution in [0.3, 0.4) is 0 Å². The standard InChI is InChI=1S/C25H36N4O4/c1-4-32-23-9-5-7-20-17-27-12-6-8-21(27)18-28(13-14-31-15-16-33-24(20)23)25(30)22-10-11-26-29(22)19(2)3/h5,7,9-11,19,21H,4,6,8,12-18H2,1-3H3/t21-/m0/s1. The molecule has 1 amide bonds. The summed E-state index contributed by atoms with van der Waals surface area (Å²) in [5, 5.41) is 4.36. The van der Waals surface area contributed by atoms with E-state index in [0.717, 1.165) is 43.0 Å². The van der Waals surface area contributed by atoms with E-state index < -0.39 is 0 Å². The number of hydrogen-bond acceptors (Lipinski definition) is 6. The molecule has 0 aliphatic carbocycles. The molecule has 33 heavy (non-hydrogen) atoms. The van der Waals surface area contributed by atoms with Gasteiger partial charge in [-0.3, -0.25) is 14.4 Å². The Bertz CT molecular complexity index is 929. The SMILES string of the molecule is CCOc1cccc2c1OCCOCCN(C(=O)c1ccnn1C(C)C)C[C@@H]1CCCN1C2. The van der Waals surface area contributed by atoms with Crippen molar-refractivity contribution in [1.29, 1.82) is 0 Å². The molecule has 2 aliphatic heterocycles. The van der Waals surface area contributed by atoms with E-state index in [4.69, 9.17) is 14.2 Å². The second-order valence-electron chi connectivity index (χ2n) is 8.91. The number of fused-ring (bicyclic) bond motifs is 2. The molecule has 0 unspecified atom stereocenters. The Morgan fingerprint density at radius 2 is 2.09 bits per heavy atom. The number of nitrogens with zero attached hydrogens (tertiary/aromatic N) is 4. The lowest BCUT2D eigenvalue weighted by Gasteiger charge is -2.31. The van der Waals surface area contributed by atoms with Gasteiger partial charge in [-0.1, -0.05) is 12.1 Å². The average molecular weight is 457 g/mol. The molecule has 0 spiro atoms. The van der Waals surface area contributed by atoms with E-state index in [1.807, 2.05) is 43.9 Å². The molecule has 0 N–H and O–H groups in total. The molecular formula is C25H36N4O4. The molecule has 1 aromatic heterocycles. The lowest BCUT2D eigenvalue weighted by atomic mass is 10.1. The van der Waals surface area contributed by atoms with Gasteiger partial charge in [-0.05, 0) is 52.3 Å². The first-order chi connectivity index (χ1) is 16.1. The zero-order chi connectivity index (χ0) is 23.2. The Balaban J connectivity index is 1.58. The van der Waals surface area contributed by atoms with Gasteiger partial charge in [0.15, 0.2) is 11.5 Å². The zero-order valence-corrected chi connectivity index (χ0v) is 20.0. The number of carbonyl (C=O) groups is 1. The van der Waals surface area contributed by atoms with Crippen LogP contribution in [0.15, 0.2) is 30.5 Å². The first kappa shape index (κ1) is 23.6. The minimum Gasteiger partial charge on any atom is -0.490 e. The van der Waals surface area contributed by atoms with Crippen LogP contribution >= 0.6 is 0 Å². The first-order valence-corrected chi connectivity index (χ1v) is 12.1. The third-order valence-corrected chi connectivity index (χ3v) is 6.31. The topological polar surface area (TPSA) is 69.1 Å². The van der Waals surface area contributed by atoms with Crippen molar-refractivity contribution < 1.29 is 19.0 Å². The number of aromatic nitrogens is 2. The molecule has 2 aliphatic rings. The van der Waals surface area contributed by atoms with Gasteiger partial charge in [0.2, 0.25) is 0 Å². The van der Waals surface area contributed by atoms with Crippen molar-refractivity contribution in [1.82, 2.24) is 19.6 Å². The van der Waals surface area contributed by atoms with Crippen LogP contribution in [0.4, 0.5) is 0 Å². The van der Waals surface area contributed by atoms with Gasteiger partial charge in [-0.2, -0.15) is 5.10 Å². The van der Waals surface area contributed by atoms with E-state index in [9.17, 15) is 4.79 Å². The summed E-state index contributed by atoms with van der Waals surface area (Å²) in [6, 6.07) is 8.32. The summed E-state index contributed by atoms with van der Waals surface area (Å²) in [6.45, 7) is 11.0. The van der Waals surface area contributed by atoms with Crippen LogP contribution < -0.4 is 9.47 Å². The summed E-state index contributed by atoms with van der Waals surface area (Å²) in [7, 11) is 0. The van der Waals surface area contributed by atoms with E-state index in [1.54, 1.807) is 10.9 Å². The van der Waals surface area contributed by atoms with Crippen molar-refractivity contribution in [2.24, 2.45) is 0 Å². The van der Waals surface area contributed by atoms with Crippen molar-refractivity contribution in [2.75, 3.05) is 46.1 Å². The van der Waals surface area contributed by atoms with Gasteiger partial charge >= 0.3 is 0 Å². The highest BCUT2D eigenvalue weighted by atomic mass is 16.5. The highest BCUT2D eigenvalue weighted by Crippen LogP contribution is 2.34. The van der Waals surface area contributed by atoms with Crippen LogP contribution in [0.5, 0.6) is 11.5 Å². The molecule has 1 saturated heterocycles. The fourth-order valence-corrected chi connectivity index (χ4v) is 4.71. The predicted octanol–water partition coefficient (Wildman–Crippen LogP) is 3.38. The summed E-state index contributed by atoms with van der Waals surface area (Å²) in [6.07, 6.45) is 3.89. The fraction of sp³-hybridized carbons (Fsp3) is 0.600. The fourth-order valence-electron chi connectivity index (χ4n) is 4.71. The van der Waals surface area contributed by atoms with Gasteiger partial charge in [0.05, 0.1) is 19.8 Å². The van der Waals surface area contributed by atoms with Crippen molar-refractivity contribution in [3.8, 4) is 11.5 Å².